The zero-order chi connectivity index (χ0) is 17.6. The molecular weight excluding hydrogens is 332 g/mol. The highest BCUT2D eigenvalue weighted by molar-refractivity contribution is 7.17. The maximum atomic E-state index is 12.7. The minimum Gasteiger partial charge on any atom is -0.365 e. The molecule has 0 saturated heterocycles. The topological polar surface area (TPSA) is 72.2 Å². The van der Waals surface area contributed by atoms with E-state index in [9.17, 15) is 9.59 Å². The fourth-order valence-corrected chi connectivity index (χ4v) is 5.28. The van der Waals surface area contributed by atoms with Gasteiger partial charge in [0.1, 0.15) is 5.00 Å². The summed E-state index contributed by atoms with van der Waals surface area (Å²) in [6.45, 7) is 2.22. The van der Waals surface area contributed by atoms with Crippen LogP contribution in [0.1, 0.15) is 52.0 Å². The van der Waals surface area contributed by atoms with Gasteiger partial charge in [-0.25, -0.2) is 0 Å². The van der Waals surface area contributed by atoms with Gasteiger partial charge in [0.15, 0.2) is 0 Å². The first-order valence-electron chi connectivity index (χ1n) is 8.84. The maximum Gasteiger partial charge on any atom is 0.251 e. The molecule has 2 aliphatic rings. The lowest BCUT2D eigenvalue weighted by Gasteiger charge is -2.18. The molecule has 4 nitrogen and oxygen atoms in total. The summed E-state index contributed by atoms with van der Waals surface area (Å²) < 4.78 is 0. The molecule has 0 spiro atoms. The Morgan fingerprint density at radius 2 is 2.00 bits per heavy atom. The Morgan fingerprint density at radius 3 is 2.72 bits per heavy atom. The number of carbonyl (C=O) groups excluding carboxylic acids is 2. The summed E-state index contributed by atoms with van der Waals surface area (Å²) in [5.41, 5.74) is 8.42. The molecule has 2 aromatic rings. The van der Waals surface area contributed by atoms with E-state index in [2.05, 4.69) is 24.4 Å². The van der Waals surface area contributed by atoms with Crippen molar-refractivity contribution >= 4 is 28.2 Å². The maximum absolute atomic E-state index is 12.7. The van der Waals surface area contributed by atoms with Gasteiger partial charge < -0.3 is 11.1 Å². The lowest BCUT2D eigenvalue weighted by atomic mass is 9.88. The average Bonchev–Trinajstić information content (AvgIpc) is 3.31. The number of thiophene rings is 1. The van der Waals surface area contributed by atoms with Crippen LogP contribution in [0.3, 0.4) is 0 Å². The molecule has 0 aliphatic heterocycles. The Balaban J connectivity index is 1.53. The fraction of sp³-hybridized carbons (Fsp3) is 0.400. The second-order valence-electron chi connectivity index (χ2n) is 7.27. The average molecular weight is 354 g/mol. The highest BCUT2D eigenvalue weighted by Gasteiger charge is 2.44. The molecule has 5 heteroatoms. The summed E-state index contributed by atoms with van der Waals surface area (Å²) >= 11 is 1.53. The summed E-state index contributed by atoms with van der Waals surface area (Å²) in [4.78, 5) is 25.8. The quantitative estimate of drug-likeness (QED) is 0.878. The molecule has 0 radical (unpaired) electrons. The van der Waals surface area contributed by atoms with Gasteiger partial charge in [0, 0.05) is 10.8 Å². The molecule has 4 rings (SSSR count). The summed E-state index contributed by atoms with van der Waals surface area (Å²) in [6, 6.07) is 10.1. The molecule has 130 valence electrons. The van der Waals surface area contributed by atoms with Crippen molar-refractivity contribution in [1.82, 2.24) is 0 Å². The van der Waals surface area contributed by atoms with Crippen molar-refractivity contribution in [2.24, 2.45) is 17.6 Å². The van der Waals surface area contributed by atoms with Crippen molar-refractivity contribution in [3.05, 3.63) is 51.9 Å². The van der Waals surface area contributed by atoms with E-state index in [4.69, 9.17) is 5.73 Å². The largest absolute Gasteiger partial charge is 0.365 e. The van der Waals surface area contributed by atoms with E-state index in [0.717, 1.165) is 31.2 Å². The number of nitrogens with one attached hydrogen (secondary N) is 1. The van der Waals surface area contributed by atoms with E-state index >= 15 is 0 Å². The number of carbonyl (C=O) groups is 2. The third-order valence-corrected chi connectivity index (χ3v) is 6.52. The van der Waals surface area contributed by atoms with Gasteiger partial charge in [-0.05, 0) is 48.6 Å². The van der Waals surface area contributed by atoms with Crippen LogP contribution in [0.25, 0.3) is 0 Å². The van der Waals surface area contributed by atoms with Crippen LogP contribution in [0.2, 0.25) is 0 Å². The standard InChI is InChI=1S/C20H22N2O2S/c1-11-7-8-13-16(9-11)25-20(17(13)18(21)23)22-19(24)15-10-14(15)12-5-3-2-4-6-12/h2-6,11,14-15H,7-10H2,1H3,(H2,21,23)(H,22,24). The molecule has 3 unspecified atom stereocenters. The number of primary amides is 1. The van der Waals surface area contributed by atoms with E-state index in [1.54, 1.807) is 0 Å². The van der Waals surface area contributed by atoms with Crippen molar-refractivity contribution in [3.8, 4) is 0 Å². The van der Waals surface area contributed by atoms with Gasteiger partial charge in [0.25, 0.3) is 5.91 Å². The molecule has 1 fully saturated rings. The van der Waals surface area contributed by atoms with E-state index < -0.39 is 5.91 Å². The first kappa shape index (κ1) is 16.3. The summed E-state index contributed by atoms with van der Waals surface area (Å²) in [5, 5.41) is 3.65. The Bertz CT molecular complexity index is 828. The number of nitrogens with two attached hydrogens (primary N) is 1. The number of hydrogen-bond donors (Lipinski definition) is 2. The van der Waals surface area contributed by atoms with Crippen molar-refractivity contribution < 1.29 is 9.59 Å². The van der Waals surface area contributed by atoms with Crippen LogP contribution < -0.4 is 11.1 Å². The van der Waals surface area contributed by atoms with Crippen LogP contribution in [0.15, 0.2) is 30.3 Å². The molecule has 25 heavy (non-hydrogen) atoms. The van der Waals surface area contributed by atoms with Gasteiger partial charge in [-0.2, -0.15) is 0 Å². The SMILES string of the molecule is CC1CCc2c(sc(NC(=O)C3CC3c3ccccc3)c2C(N)=O)C1. The van der Waals surface area contributed by atoms with E-state index in [-0.39, 0.29) is 17.7 Å². The number of rotatable bonds is 4. The van der Waals surface area contributed by atoms with Crippen LogP contribution in [0, 0.1) is 11.8 Å². The highest BCUT2D eigenvalue weighted by Crippen LogP contribution is 2.48. The molecule has 2 amide bonds. The summed E-state index contributed by atoms with van der Waals surface area (Å²) in [5.74, 6) is 0.455. The van der Waals surface area contributed by atoms with E-state index in [1.807, 2.05) is 18.2 Å². The second kappa shape index (κ2) is 6.30. The van der Waals surface area contributed by atoms with Gasteiger partial charge in [-0.1, -0.05) is 37.3 Å². The van der Waals surface area contributed by atoms with Crippen molar-refractivity contribution in [2.75, 3.05) is 5.32 Å². The Morgan fingerprint density at radius 1 is 1.24 bits per heavy atom. The molecule has 1 aromatic heterocycles. The van der Waals surface area contributed by atoms with Crippen LogP contribution >= 0.6 is 11.3 Å². The first-order chi connectivity index (χ1) is 12.0. The lowest BCUT2D eigenvalue weighted by Crippen LogP contribution is -2.20. The Kier molecular flexibility index (Phi) is 4.12. The van der Waals surface area contributed by atoms with Crippen LogP contribution in [0.4, 0.5) is 5.00 Å². The zero-order valence-electron chi connectivity index (χ0n) is 14.2. The van der Waals surface area contributed by atoms with Crippen molar-refractivity contribution in [3.63, 3.8) is 0 Å². The molecule has 3 N–H and O–H groups in total. The lowest BCUT2D eigenvalue weighted by molar-refractivity contribution is -0.117. The smallest absolute Gasteiger partial charge is 0.251 e. The molecule has 1 heterocycles. The molecule has 1 aromatic carbocycles. The Labute approximate surface area is 151 Å². The zero-order valence-corrected chi connectivity index (χ0v) is 15.1. The van der Waals surface area contributed by atoms with Crippen molar-refractivity contribution in [1.29, 1.82) is 0 Å². The summed E-state index contributed by atoms with van der Waals surface area (Å²) in [7, 11) is 0. The Hall–Kier alpha value is -2.14. The molecular formula is C20H22N2O2S. The third kappa shape index (κ3) is 3.09. The van der Waals surface area contributed by atoms with Gasteiger partial charge in [0.05, 0.1) is 5.56 Å². The summed E-state index contributed by atoms with van der Waals surface area (Å²) in [6.07, 6.45) is 3.77. The number of fused-ring (bicyclic) bond motifs is 1. The molecule has 2 aliphatic carbocycles. The normalized spacial score (nSPS) is 24.4. The number of anilines is 1. The minimum atomic E-state index is -0.433. The number of benzene rings is 1. The number of amides is 2. The molecule has 0 bridgehead atoms. The van der Waals surface area contributed by atoms with Crippen molar-refractivity contribution in [2.45, 2.75) is 38.5 Å². The number of hydrogen-bond acceptors (Lipinski definition) is 3. The van der Waals surface area contributed by atoms with Gasteiger partial charge in [-0.15, -0.1) is 11.3 Å². The van der Waals surface area contributed by atoms with Gasteiger partial charge >= 0.3 is 0 Å². The van der Waals surface area contributed by atoms with Gasteiger partial charge in [-0.3, -0.25) is 9.59 Å². The van der Waals surface area contributed by atoms with Crippen LogP contribution in [0.5, 0.6) is 0 Å². The first-order valence-corrected chi connectivity index (χ1v) is 9.66. The van der Waals surface area contributed by atoms with Crippen LogP contribution in [-0.4, -0.2) is 11.8 Å². The monoisotopic (exact) mass is 354 g/mol. The van der Waals surface area contributed by atoms with Gasteiger partial charge in [0.2, 0.25) is 5.91 Å². The van der Waals surface area contributed by atoms with E-state index in [0.29, 0.717) is 16.5 Å². The molecule has 1 saturated carbocycles. The fourth-order valence-electron chi connectivity index (χ4n) is 3.86. The second-order valence-corrected chi connectivity index (χ2v) is 8.37. The van der Waals surface area contributed by atoms with E-state index in [1.165, 1.54) is 21.8 Å². The predicted octanol–water partition coefficient (Wildman–Crippen LogP) is 3.71. The highest BCUT2D eigenvalue weighted by atomic mass is 32.1. The molecule has 3 atom stereocenters. The van der Waals surface area contributed by atoms with Crippen LogP contribution in [-0.2, 0) is 17.6 Å². The third-order valence-electron chi connectivity index (χ3n) is 5.35. The minimum absolute atomic E-state index is 0.00278. The predicted molar refractivity (Wildman–Crippen MR) is 99.9 cm³/mol.